The SMILES string of the molecule is CCN(Cc1ccccc1)C(=O)c1cc(NCCc2cccc(Cl)c2)ccn1. The van der Waals surface area contributed by atoms with Gasteiger partial charge in [0.2, 0.25) is 0 Å². The number of pyridine rings is 1. The van der Waals surface area contributed by atoms with Gasteiger partial charge in [0.25, 0.3) is 5.91 Å². The van der Waals surface area contributed by atoms with E-state index in [1.54, 1.807) is 11.1 Å². The lowest BCUT2D eigenvalue weighted by molar-refractivity contribution is 0.0746. The standard InChI is InChI=1S/C23H24ClN3O/c1-2-27(17-19-7-4-3-5-8-19)23(28)22-16-21(12-14-26-22)25-13-11-18-9-6-10-20(24)15-18/h3-10,12,14-16H,2,11,13,17H2,1H3,(H,25,26). The number of anilines is 1. The first kappa shape index (κ1) is 19.9. The number of hydrogen-bond acceptors (Lipinski definition) is 3. The summed E-state index contributed by atoms with van der Waals surface area (Å²) < 4.78 is 0. The third-order valence-corrected chi connectivity index (χ3v) is 4.73. The molecular formula is C23H24ClN3O. The number of hydrogen-bond donors (Lipinski definition) is 1. The normalized spacial score (nSPS) is 10.5. The average molecular weight is 394 g/mol. The van der Waals surface area contributed by atoms with Gasteiger partial charge in [-0.3, -0.25) is 9.78 Å². The Morgan fingerprint density at radius 1 is 1.04 bits per heavy atom. The van der Waals surface area contributed by atoms with Gasteiger partial charge in [-0.25, -0.2) is 0 Å². The summed E-state index contributed by atoms with van der Waals surface area (Å²) in [5, 5.41) is 4.10. The fourth-order valence-electron chi connectivity index (χ4n) is 2.99. The maximum atomic E-state index is 12.9. The number of rotatable bonds is 8. The Labute approximate surface area is 171 Å². The van der Waals surface area contributed by atoms with E-state index < -0.39 is 0 Å². The molecule has 0 bridgehead atoms. The van der Waals surface area contributed by atoms with Gasteiger partial charge in [-0.15, -0.1) is 0 Å². The van der Waals surface area contributed by atoms with Crippen molar-refractivity contribution in [3.63, 3.8) is 0 Å². The predicted octanol–water partition coefficient (Wildman–Crippen LogP) is 5.05. The van der Waals surface area contributed by atoms with Crippen LogP contribution in [-0.2, 0) is 13.0 Å². The summed E-state index contributed by atoms with van der Waals surface area (Å²) in [4.78, 5) is 19.0. The molecule has 0 unspecified atom stereocenters. The minimum atomic E-state index is -0.0650. The van der Waals surface area contributed by atoms with E-state index in [2.05, 4.69) is 16.4 Å². The minimum absolute atomic E-state index is 0.0650. The smallest absolute Gasteiger partial charge is 0.272 e. The molecule has 0 radical (unpaired) electrons. The van der Waals surface area contributed by atoms with Gasteiger partial charge in [-0.1, -0.05) is 54.1 Å². The zero-order chi connectivity index (χ0) is 19.8. The zero-order valence-corrected chi connectivity index (χ0v) is 16.7. The molecule has 0 aliphatic heterocycles. The van der Waals surface area contributed by atoms with Crippen LogP contribution in [0.15, 0.2) is 72.9 Å². The molecule has 2 aromatic carbocycles. The van der Waals surface area contributed by atoms with Crippen molar-refractivity contribution >= 4 is 23.2 Å². The van der Waals surface area contributed by atoms with E-state index in [1.807, 2.05) is 67.6 Å². The van der Waals surface area contributed by atoms with E-state index >= 15 is 0 Å². The molecule has 144 valence electrons. The summed E-state index contributed by atoms with van der Waals surface area (Å²) in [6, 6.07) is 21.5. The van der Waals surface area contributed by atoms with Gasteiger partial charge in [0.15, 0.2) is 0 Å². The van der Waals surface area contributed by atoms with E-state index in [9.17, 15) is 4.79 Å². The van der Waals surface area contributed by atoms with Gasteiger partial charge in [-0.2, -0.15) is 0 Å². The van der Waals surface area contributed by atoms with Crippen molar-refractivity contribution in [2.45, 2.75) is 19.9 Å². The molecule has 1 N–H and O–H groups in total. The number of amides is 1. The van der Waals surface area contributed by atoms with Crippen LogP contribution in [0.3, 0.4) is 0 Å². The van der Waals surface area contributed by atoms with Gasteiger partial charge < -0.3 is 10.2 Å². The van der Waals surface area contributed by atoms with Crippen LogP contribution in [0.4, 0.5) is 5.69 Å². The van der Waals surface area contributed by atoms with Gasteiger partial charge in [0.1, 0.15) is 5.69 Å². The molecule has 0 atom stereocenters. The van der Waals surface area contributed by atoms with E-state index in [4.69, 9.17) is 11.6 Å². The second-order valence-corrected chi connectivity index (χ2v) is 6.98. The highest BCUT2D eigenvalue weighted by Crippen LogP contribution is 2.14. The van der Waals surface area contributed by atoms with Crippen LogP contribution in [-0.4, -0.2) is 28.9 Å². The summed E-state index contributed by atoms with van der Waals surface area (Å²) in [5.74, 6) is -0.0650. The van der Waals surface area contributed by atoms with Crippen LogP contribution in [0.2, 0.25) is 5.02 Å². The van der Waals surface area contributed by atoms with Gasteiger partial charge >= 0.3 is 0 Å². The lowest BCUT2D eigenvalue weighted by Gasteiger charge is -2.21. The Hall–Kier alpha value is -2.85. The van der Waals surface area contributed by atoms with Gasteiger partial charge in [0, 0.05) is 36.5 Å². The third-order valence-electron chi connectivity index (χ3n) is 4.50. The van der Waals surface area contributed by atoms with Crippen molar-refractivity contribution in [3.8, 4) is 0 Å². The summed E-state index contributed by atoms with van der Waals surface area (Å²) in [7, 11) is 0. The molecule has 3 rings (SSSR count). The van der Waals surface area contributed by atoms with Crippen LogP contribution in [0, 0.1) is 0 Å². The molecular weight excluding hydrogens is 370 g/mol. The van der Waals surface area contributed by atoms with Crippen molar-refractivity contribution in [1.82, 2.24) is 9.88 Å². The molecule has 0 aliphatic rings. The molecule has 0 saturated heterocycles. The Bertz CT molecular complexity index is 914. The average Bonchev–Trinajstić information content (AvgIpc) is 2.72. The Morgan fingerprint density at radius 2 is 1.82 bits per heavy atom. The van der Waals surface area contributed by atoms with Crippen molar-refractivity contribution in [3.05, 3.63) is 94.8 Å². The Morgan fingerprint density at radius 3 is 2.57 bits per heavy atom. The van der Waals surface area contributed by atoms with Gasteiger partial charge in [0.05, 0.1) is 0 Å². The maximum absolute atomic E-state index is 12.9. The molecule has 4 nitrogen and oxygen atoms in total. The number of aromatic nitrogens is 1. The second-order valence-electron chi connectivity index (χ2n) is 6.54. The molecule has 28 heavy (non-hydrogen) atoms. The van der Waals surface area contributed by atoms with Crippen LogP contribution in [0.25, 0.3) is 0 Å². The number of halogens is 1. The minimum Gasteiger partial charge on any atom is -0.385 e. The number of carbonyl (C=O) groups excluding carboxylic acids is 1. The van der Waals surface area contributed by atoms with Gasteiger partial charge in [-0.05, 0) is 48.7 Å². The first-order valence-corrected chi connectivity index (χ1v) is 9.81. The highest BCUT2D eigenvalue weighted by Gasteiger charge is 2.16. The third kappa shape index (κ3) is 5.57. The van der Waals surface area contributed by atoms with E-state index in [0.717, 1.165) is 29.2 Å². The summed E-state index contributed by atoms with van der Waals surface area (Å²) in [6.45, 7) is 3.93. The lowest BCUT2D eigenvalue weighted by atomic mass is 10.1. The Kier molecular flexibility index (Phi) is 7.04. The quantitative estimate of drug-likeness (QED) is 0.582. The molecule has 0 aliphatic carbocycles. The largest absolute Gasteiger partial charge is 0.385 e. The van der Waals surface area contributed by atoms with Crippen LogP contribution < -0.4 is 5.32 Å². The first-order valence-electron chi connectivity index (χ1n) is 9.43. The van der Waals surface area contributed by atoms with E-state index in [1.165, 1.54) is 5.56 Å². The van der Waals surface area contributed by atoms with Crippen LogP contribution in [0.5, 0.6) is 0 Å². The summed E-state index contributed by atoms with van der Waals surface area (Å²) in [6.07, 6.45) is 2.52. The number of nitrogens with zero attached hydrogens (tertiary/aromatic N) is 2. The van der Waals surface area contributed by atoms with Crippen molar-refractivity contribution < 1.29 is 4.79 Å². The molecule has 0 saturated carbocycles. The molecule has 0 fully saturated rings. The zero-order valence-electron chi connectivity index (χ0n) is 15.9. The van der Waals surface area contributed by atoms with Crippen LogP contribution in [0.1, 0.15) is 28.5 Å². The van der Waals surface area contributed by atoms with E-state index in [0.29, 0.717) is 18.8 Å². The fourth-order valence-corrected chi connectivity index (χ4v) is 3.21. The van der Waals surface area contributed by atoms with E-state index in [-0.39, 0.29) is 5.91 Å². The van der Waals surface area contributed by atoms with Crippen molar-refractivity contribution in [2.24, 2.45) is 0 Å². The topological polar surface area (TPSA) is 45.2 Å². The number of carbonyl (C=O) groups is 1. The highest BCUT2D eigenvalue weighted by molar-refractivity contribution is 6.30. The number of nitrogens with one attached hydrogen (secondary N) is 1. The maximum Gasteiger partial charge on any atom is 0.272 e. The molecule has 1 heterocycles. The highest BCUT2D eigenvalue weighted by atomic mass is 35.5. The molecule has 1 aromatic heterocycles. The summed E-state index contributed by atoms with van der Waals surface area (Å²) in [5.41, 5.74) is 3.61. The lowest BCUT2D eigenvalue weighted by Crippen LogP contribution is -2.31. The second kappa shape index (κ2) is 9.90. The predicted molar refractivity (Wildman–Crippen MR) is 115 cm³/mol. The van der Waals surface area contributed by atoms with Crippen molar-refractivity contribution in [2.75, 3.05) is 18.4 Å². The first-order chi connectivity index (χ1) is 13.7. The molecule has 3 aromatic rings. The van der Waals surface area contributed by atoms with Crippen molar-refractivity contribution in [1.29, 1.82) is 0 Å². The summed E-state index contributed by atoms with van der Waals surface area (Å²) >= 11 is 6.03. The molecule has 0 spiro atoms. The fraction of sp³-hybridized carbons (Fsp3) is 0.217. The number of benzene rings is 2. The molecule has 5 heteroatoms. The van der Waals surface area contributed by atoms with Crippen LogP contribution >= 0.6 is 11.6 Å². The molecule has 1 amide bonds. The monoisotopic (exact) mass is 393 g/mol. The Balaban J connectivity index is 1.61.